The molecule has 1 unspecified atom stereocenters. The number of nitrogens with two attached hydrogens (primary N) is 2. The molecule has 19 heavy (non-hydrogen) atoms. The number of guanidine groups is 1. The minimum atomic E-state index is -4.67. The lowest BCUT2D eigenvalue weighted by Gasteiger charge is -2.20. The highest BCUT2D eigenvalue weighted by Gasteiger charge is 2.09. The van der Waals surface area contributed by atoms with Crippen molar-refractivity contribution in [2.75, 3.05) is 13.1 Å². The van der Waals surface area contributed by atoms with Crippen LogP contribution in [0.15, 0.2) is 4.99 Å². The molecule has 1 aliphatic rings. The normalized spacial score (nSPS) is 20.4. The fourth-order valence-corrected chi connectivity index (χ4v) is 1.87. The lowest BCUT2D eigenvalue weighted by Crippen LogP contribution is -2.32. The highest BCUT2D eigenvalue weighted by molar-refractivity contribution is 7.79. The van der Waals surface area contributed by atoms with Gasteiger partial charge < -0.3 is 16.8 Å². The van der Waals surface area contributed by atoms with Crippen molar-refractivity contribution >= 4 is 16.4 Å². The highest BCUT2D eigenvalue weighted by atomic mass is 32.3. The molecule has 0 spiro atoms. The van der Waals surface area contributed by atoms with Crippen LogP contribution in [0.1, 0.15) is 38.5 Å². The van der Waals surface area contributed by atoms with E-state index in [1.807, 2.05) is 0 Å². The third-order valence-electron chi connectivity index (χ3n) is 2.68. The Labute approximate surface area is 114 Å². The molecule has 1 atom stereocenters. The van der Waals surface area contributed by atoms with Gasteiger partial charge in [0.25, 0.3) is 0 Å². The third kappa shape index (κ3) is 17.1. The van der Waals surface area contributed by atoms with Gasteiger partial charge in [0.2, 0.25) is 0 Å². The summed E-state index contributed by atoms with van der Waals surface area (Å²) in [6.45, 7) is 1.90. The fourth-order valence-electron chi connectivity index (χ4n) is 1.87. The smallest absolute Gasteiger partial charge is 0.370 e. The lowest BCUT2D eigenvalue weighted by molar-refractivity contribution is 0.381. The summed E-state index contributed by atoms with van der Waals surface area (Å²) in [5.74, 6) is 0.204. The molecule has 0 aromatic rings. The van der Waals surface area contributed by atoms with E-state index in [4.69, 9.17) is 29.0 Å². The van der Waals surface area contributed by atoms with Crippen LogP contribution in [0, 0.1) is 0 Å². The number of nitrogens with zero attached hydrogens (tertiary/aromatic N) is 1. The monoisotopic (exact) mass is 296 g/mol. The first kappa shape index (κ1) is 18.1. The minimum absolute atomic E-state index is 0.204. The average molecular weight is 296 g/mol. The van der Waals surface area contributed by atoms with E-state index in [-0.39, 0.29) is 5.96 Å². The highest BCUT2D eigenvalue weighted by Crippen LogP contribution is 2.11. The van der Waals surface area contributed by atoms with E-state index in [2.05, 4.69) is 10.3 Å². The maximum Gasteiger partial charge on any atom is 0.394 e. The molecule has 0 radical (unpaired) electrons. The Balaban J connectivity index is 0.000000555. The fraction of sp³-hybridized carbons (Fsp3) is 0.900. The standard InChI is InChI=1S/C10H22N4.H2O4S/c11-10(12)14-8-6-9-5-3-1-2-4-7-13-9;1-5(2,3)4/h9,13H,1-8H2,(H4,11,12,14);(H2,1,2,3,4). The van der Waals surface area contributed by atoms with Gasteiger partial charge in [-0.1, -0.05) is 19.3 Å². The van der Waals surface area contributed by atoms with Crippen molar-refractivity contribution in [3.05, 3.63) is 0 Å². The Bertz CT molecular complexity index is 339. The van der Waals surface area contributed by atoms with Gasteiger partial charge in [-0.05, 0) is 25.8 Å². The molecule has 7 N–H and O–H groups in total. The zero-order valence-corrected chi connectivity index (χ0v) is 11.8. The van der Waals surface area contributed by atoms with Crippen molar-refractivity contribution in [3.8, 4) is 0 Å². The van der Waals surface area contributed by atoms with Crippen LogP contribution in [0.2, 0.25) is 0 Å². The van der Waals surface area contributed by atoms with Crippen LogP contribution in [-0.2, 0) is 10.4 Å². The molecule has 0 aromatic carbocycles. The molecule has 0 amide bonds. The molecule has 1 heterocycles. The van der Waals surface area contributed by atoms with Crippen molar-refractivity contribution in [2.45, 2.75) is 44.6 Å². The molecule has 1 rings (SSSR count). The summed E-state index contributed by atoms with van der Waals surface area (Å²) in [4.78, 5) is 4.00. The zero-order valence-electron chi connectivity index (χ0n) is 11.0. The predicted octanol–water partition coefficient (Wildman–Crippen LogP) is -0.0806. The van der Waals surface area contributed by atoms with Crippen LogP contribution in [0.25, 0.3) is 0 Å². The summed E-state index contributed by atoms with van der Waals surface area (Å²) in [7, 11) is -4.67. The summed E-state index contributed by atoms with van der Waals surface area (Å²) < 4.78 is 31.6. The van der Waals surface area contributed by atoms with Gasteiger partial charge in [-0.2, -0.15) is 8.42 Å². The average Bonchev–Trinajstić information content (AvgIpc) is 2.17. The first-order valence-corrected chi connectivity index (χ1v) is 7.67. The van der Waals surface area contributed by atoms with Crippen molar-refractivity contribution in [2.24, 2.45) is 16.5 Å². The van der Waals surface area contributed by atoms with E-state index >= 15 is 0 Å². The van der Waals surface area contributed by atoms with Crippen LogP contribution in [0.3, 0.4) is 0 Å². The molecular weight excluding hydrogens is 272 g/mol. The lowest BCUT2D eigenvalue weighted by atomic mass is 10.0. The minimum Gasteiger partial charge on any atom is -0.370 e. The van der Waals surface area contributed by atoms with Gasteiger partial charge in [0.05, 0.1) is 0 Å². The number of hydrogen-bond donors (Lipinski definition) is 5. The van der Waals surface area contributed by atoms with Crippen LogP contribution in [-0.4, -0.2) is 42.6 Å². The molecule has 0 bridgehead atoms. The Kier molecular flexibility index (Phi) is 9.48. The van der Waals surface area contributed by atoms with E-state index in [0.29, 0.717) is 6.04 Å². The number of aliphatic imine (C=N–C) groups is 1. The summed E-state index contributed by atoms with van der Waals surface area (Å²) in [5, 5.41) is 3.54. The van der Waals surface area contributed by atoms with Crippen molar-refractivity contribution < 1.29 is 17.5 Å². The second-order valence-corrected chi connectivity index (χ2v) is 5.29. The van der Waals surface area contributed by atoms with Gasteiger partial charge in [0.1, 0.15) is 0 Å². The quantitative estimate of drug-likeness (QED) is 0.277. The maximum atomic E-state index is 8.74. The molecule has 0 saturated carbocycles. The Hall–Kier alpha value is -0.900. The predicted molar refractivity (Wildman–Crippen MR) is 74.3 cm³/mol. The van der Waals surface area contributed by atoms with Crippen molar-refractivity contribution in [1.29, 1.82) is 0 Å². The molecule has 1 saturated heterocycles. The van der Waals surface area contributed by atoms with Crippen molar-refractivity contribution in [1.82, 2.24) is 5.32 Å². The molecular formula is C10H24N4O4S. The van der Waals surface area contributed by atoms with Gasteiger partial charge >= 0.3 is 10.4 Å². The summed E-state index contributed by atoms with van der Waals surface area (Å²) >= 11 is 0. The molecule has 8 nitrogen and oxygen atoms in total. The zero-order chi connectivity index (χ0) is 14.7. The number of rotatable bonds is 3. The van der Waals surface area contributed by atoms with E-state index < -0.39 is 10.4 Å². The van der Waals surface area contributed by atoms with Crippen molar-refractivity contribution in [3.63, 3.8) is 0 Å². The topological polar surface area (TPSA) is 151 Å². The van der Waals surface area contributed by atoms with Crippen LogP contribution in [0.4, 0.5) is 0 Å². The number of hydrogen-bond acceptors (Lipinski definition) is 4. The van der Waals surface area contributed by atoms with Crippen LogP contribution >= 0.6 is 0 Å². The Morgan fingerprint density at radius 1 is 1.21 bits per heavy atom. The largest absolute Gasteiger partial charge is 0.394 e. The van der Waals surface area contributed by atoms with E-state index in [1.165, 1.54) is 32.1 Å². The summed E-state index contributed by atoms with van der Waals surface area (Å²) in [6, 6.07) is 0.610. The maximum absolute atomic E-state index is 8.74. The summed E-state index contributed by atoms with van der Waals surface area (Å²) in [6.07, 6.45) is 7.70. The van der Waals surface area contributed by atoms with Gasteiger partial charge in [-0.25, -0.2) is 0 Å². The molecule has 1 aliphatic heterocycles. The molecule has 9 heteroatoms. The Morgan fingerprint density at radius 2 is 1.79 bits per heavy atom. The van der Waals surface area contributed by atoms with E-state index in [9.17, 15) is 0 Å². The van der Waals surface area contributed by atoms with Gasteiger partial charge in [-0.3, -0.25) is 14.1 Å². The van der Waals surface area contributed by atoms with E-state index in [0.717, 1.165) is 19.5 Å². The molecule has 0 aromatic heterocycles. The van der Waals surface area contributed by atoms with Crippen LogP contribution in [0.5, 0.6) is 0 Å². The molecule has 1 fully saturated rings. The second kappa shape index (κ2) is 9.96. The molecule has 0 aliphatic carbocycles. The Morgan fingerprint density at radius 3 is 2.37 bits per heavy atom. The van der Waals surface area contributed by atoms with Crippen LogP contribution < -0.4 is 16.8 Å². The van der Waals surface area contributed by atoms with E-state index in [1.54, 1.807) is 0 Å². The van der Waals surface area contributed by atoms with Gasteiger partial charge in [0.15, 0.2) is 5.96 Å². The molecule has 114 valence electrons. The van der Waals surface area contributed by atoms with Gasteiger partial charge in [-0.15, -0.1) is 0 Å². The van der Waals surface area contributed by atoms with Gasteiger partial charge in [0, 0.05) is 12.6 Å². The number of nitrogens with one attached hydrogen (secondary N) is 1. The summed E-state index contributed by atoms with van der Waals surface area (Å²) in [5.41, 5.74) is 10.5. The second-order valence-electron chi connectivity index (χ2n) is 4.40. The first-order chi connectivity index (χ1) is 8.79. The SMILES string of the molecule is NC(N)=NCCC1CCCCCCN1.O=S(=O)(O)O. The first-order valence-electron chi connectivity index (χ1n) is 6.27. The third-order valence-corrected chi connectivity index (χ3v) is 2.68.